The van der Waals surface area contributed by atoms with Crippen LogP contribution in [0.4, 0.5) is 13.2 Å². The van der Waals surface area contributed by atoms with Crippen LogP contribution in [0, 0.1) is 0 Å². The Morgan fingerprint density at radius 2 is 1.35 bits per heavy atom. The highest BCUT2D eigenvalue weighted by molar-refractivity contribution is 7.87. The lowest BCUT2D eigenvalue weighted by Crippen LogP contribution is -2.48. The molecule has 0 aliphatic heterocycles. The van der Waals surface area contributed by atoms with Gasteiger partial charge in [-0.05, 0) is 44.0 Å². The summed E-state index contributed by atoms with van der Waals surface area (Å²) in [6.07, 6.45) is -4.45. The summed E-state index contributed by atoms with van der Waals surface area (Å²) in [4.78, 5) is 0. The Labute approximate surface area is 151 Å². The molecule has 0 heterocycles. The van der Waals surface area contributed by atoms with E-state index in [-0.39, 0.29) is 0 Å². The number of benzene rings is 2. The average Bonchev–Trinajstić information content (AvgIpc) is 2.50. The Balaban J connectivity index is 2.40. The Hall–Kier alpha value is -1.90. The molecular formula is C18H21F3N2O2S. The van der Waals surface area contributed by atoms with Crippen molar-refractivity contribution in [3.8, 4) is 0 Å². The van der Waals surface area contributed by atoms with Crippen LogP contribution in [0.1, 0.15) is 43.5 Å². The van der Waals surface area contributed by atoms with E-state index < -0.39 is 33.5 Å². The zero-order valence-electron chi connectivity index (χ0n) is 14.6. The first-order chi connectivity index (χ1) is 11.9. The van der Waals surface area contributed by atoms with E-state index in [2.05, 4.69) is 9.44 Å². The minimum Gasteiger partial charge on any atom is -0.197 e. The molecule has 26 heavy (non-hydrogen) atoms. The lowest BCUT2D eigenvalue weighted by molar-refractivity contribution is -0.137. The maximum Gasteiger partial charge on any atom is 0.416 e. The molecule has 0 unspecified atom stereocenters. The molecule has 0 fully saturated rings. The summed E-state index contributed by atoms with van der Waals surface area (Å²) in [6, 6.07) is 12.3. The van der Waals surface area contributed by atoms with Gasteiger partial charge in [-0.15, -0.1) is 0 Å². The first-order valence-electron chi connectivity index (χ1n) is 7.91. The zero-order chi connectivity index (χ0) is 19.6. The summed E-state index contributed by atoms with van der Waals surface area (Å²) in [6.45, 7) is 5.09. The van der Waals surface area contributed by atoms with Gasteiger partial charge >= 0.3 is 6.18 Å². The van der Waals surface area contributed by atoms with Gasteiger partial charge in [0.2, 0.25) is 0 Å². The van der Waals surface area contributed by atoms with Crippen molar-refractivity contribution in [3.05, 3.63) is 71.3 Å². The van der Waals surface area contributed by atoms with E-state index in [9.17, 15) is 21.6 Å². The summed E-state index contributed by atoms with van der Waals surface area (Å²) in [5.41, 5.74) is -0.466. The van der Waals surface area contributed by atoms with Gasteiger partial charge in [0.1, 0.15) is 0 Å². The maximum absolute atomic E-state index is 12.8. The average molecular weight is 386 g/mol. The highest BCUT2D eigenvalue weighted by Gasteiger charge is 2.31. The van der Waals surface area contributed by atoms with Gasteiger partial charge in [0.05, 0.1) is 11.6 Å². The molecule has 8 heteroatoms. The largest absolute Gasteiger partial charge is 0.416 e. The molecule has 0 saturated carbocycles. The van der Waals surface area contributed by atoms with E-state index in [0.29, 0.717) is 11.1 Å². The van der Waals surface area contributed by atoms with Gasteiger partial charge in [-0.25, -0.2) is 0 Å². The van der Waals surface area contributed by atoms with Crippen LogP contribution in [0.5, 0.6) is 0 Å². The minimum absolute atomic E-state index is 0.406. The van der Waals surface area contributed by atoms with Gasteiger partial charge < -0.3 is 0 Å². The van der Waals surface area contributed by atoms with Gasteiger partial charge in [-0.1, -0.05) is 42.5 Å². The van der Waals surface area contributed by atoms with E-state index in [4.69, 9.17) is 0 Å². The molecule has 0 aliphatic carbocycles. The molecule has 0 bridgehead atoms. The first kappa shape index (κ1) is 20.4. The van der Waals surface area contributed by atoms with E-state index in [0.717, 1.165) is 12.1 Å². The van der Waals surface area contributed by atoms with Crippen molar-refractivity contribution in [2.45, 2.75) is 38.5 Å². The van der Waals surface area contributed by atoms with E-state index in [1.807, 2.05) is 0 Å². The SMILES string of the molecule is CC(C)(C)NS(=O)(=O)N[C@H](c1ccccc1)c1ccc(C(F)(F)F)cc1. The standard InChI is InChI=1S/C18H21F3N2O2S/c1-17(2,3)23-26(24,25)22-16(13-7-5-4-6-8-13)14-9-11-15(12-10-14)18(19,20)21/h4-12,16,22-23H,1-3H3/t16-/m1/s1. The second-order valence-electron chi connectivity index (χ2n) is 6.94. The molecule has 0 saturated heterocycles. The highest BCUT2D eigenvalue weighted by atomic mass is 32.2. The third-order valence-electron chi connectivity index (χ3n) is 3.42. The van der Waals surface area contributed by atoms with Crippen LogP contribution in [-0.4, -0.2) is 14.0 Å². The van der Waals surface area contributed by atoms with Crippen LogP contribution in [-0.2, 0) is 16.4 Å². The molecule has 0 aromatic heterocycles. The summed E-state index contributed by atoms with van der Waals surface area (Å²) < 4.78 is 68.2. The fourth-order valence-electron chi connectivity index (χ4n) is 2.43. The molecule has 4 nitrogen and oxygen atoms in total. The lowest BCUT2D eigenvalue weighted by Gasteiger charge is -2.25. The highest BCUT2D eigenvalue weighted by Crippen LogP contribution is 2.31. The third kappa shape index (κ3) is 5.82. The van der Waals surface area contributed by atoms with Crippen LogP contribution >= 0.6 is 0 Å². The zero-order valence-corrected chi connectivity index (χ0v) is 15.4. The molecule has 0 radical (unpaired) electrons. The monoisotopic (exact) mass is 386 g/mol. The van der Waals surface area contributed by atoms with Crippen molar-refractivity contribution in [2.75, 3.05) is 0 Å². The summed E-state index contributed by atoms with van der Waals surface area (Å²) in [5.74, 6) is 0. The second kappa shape index (κ2) is 7.38. The molecular weight excluding hydrogens is 365 g/mol. The molecule has 0 spiro atoms. The van der Waals surface area contributed by atoms with Gasteiger partial charge in [0.25, 0.3) is 10.2 Å². The van der Waals surface area contributed by atoms with Crippen LogP contribution < -0.4 is 9.44 Å². The molecule has 2 aromatic rings. The fourth-order valence-corrected chi connectivity index (χ4v) is 3.87. The van der Waals surface area contributed by atoms with Crippen LogP contribution in [0.25, 0.3) is 0 Å². The molecule has 142 valence electrons. The van der Waals surface area contributed by atoms with Crippen molar-refractivity contribution in [1.82, 2.24) is 9.44 Å². The number of hydrogen-bond acceptors (Lipinski definition) is 2. The van der Waals surface area contributed by atoms with E-state index in [1.165, 1.54) is 12.1 Å². The summed E-state index contributed by atoms with van der Waals surface area (Å²) in [7, 11) is -3.90. The Morgan fingerprint density at radius 1 is 0.846 bits per heavy atom. The summed E-state index contributed by atoms with van der Waals surface area (Å²) in [5, 5.41) is 0. The molecule has 1 atom stereocenters. The van der Waals surface area contributed by atoms with Gasteiger partial charge in [0.15, 0.2) is 0 Å². The number of alkyl halides is 3. The second-order valence-corrected chi connectivity index (χ2v) is 8.38. The van der Waals surface area contributed by atoms with Crippen molar-refractivity contribution >= 4 is 10.2 Å². The molecule has 0 aliphatic rings. The van der Waals surface area contributed by atoms with Crippen LogP contribution in [0.15, 0.2) is 54.6 Å². The number of hydrogen-bond donors (Lipinski definition) is 2. The molecule has 2 rings (SSSR count). The lowest BCUT2D eigenvalue weighted by atomic mass is 9.98. The quantitative estimate of drug-likeness (QED) is 0.816. The topological polar surface area (TPSA) is 58.2 Å². The van der Waals surface area contributed by atoms with Gasteiger partial charge in [-0.3, -0.25) is 0 Å². The van der Waals surface area contributed by atoms with Gasteiger partial charge in [0, 0.05) is 5.54 Å². The Morgan fingerprint density at radius 3 is 1.81 bits per heavy atom. The van der Waals surface area contributed by atoms with Crippen molar-refractivity contribution in [3.63, 3.8) is 0 Å². The Kier molecular flexibility index (Phi) is 5.79. The Bertz CT molecular complexity index is 827. The predicted octanol–water partition coefficient (Wildman–Crippen LogP) is 4.02. The van der Waals surface area contributed by atoms with Crippen molar-refractivity contribution < 1.29 is 21.6 Å². The maximum atomic E-state index is 12.8. The van der Waals surface area contributed by atoms with Crippen LogP contribution in [0.2, 0.25) is 0 Å². The predicted molar refractivity (Wildman–Crippen MR) is 94.7 cm³/mol. The molecule has 0 amide bonds. The van der Waals surface area contributed by atoms with Crippen molar-refractivity contribution in [1.29, 1.82) is 0 Å². The normalized spacial score (nSPS) is 14.2. The molecule has 2 aromatic carbocycles. The number of halogens is 3. The smallest absolute Gasteiger partial charge is 0.197 e. The fraction of sp³-hybridized carbons (Fsp3) is 0.333. The summed E-state index contributed by atoms with van der Waals surface area (Å²) >= 11 is 0. The third-order valence-corrected chi connectivity index (χ3v) is 4.84. The van der Waals surface area contributed by atoms with E-state index in [1.54, 1.807) is 51.1 Å². The minimum atomic E-state index is -4.45. The number of nitrogens with one attached hydrogen (secondary N) is 2. The first-order valence-corrected chi connectivity index (χ1v) is 9.39. The van der Waals surface area contributed by atoms with Crippen LogP contribution in [0.3, 0.4) is 0 Å². The van der Waals surface area contributed by atoms with Crippen molar-refractivity contribution in [2.24, 2.45) is 0 Å². The number of rotatable bonds is 5. The molecule has 2 N–H and O–H groups in total. The van der Waals surface area contributed by atoms with E-state index >= 15 is 0 Å². The van der Waals surface area contributed by atoms with Gasteiger partial charge in [-0.2, -0.15) is 31.0 Å².